The fourth-order valence-corrected chi connectivity index (χ4v) is 4.70. The van der Waals surface area contributed by atoms with Crippen LogP contribution >= 0.6 is 0 Å². The summed E-state index contributed by atoms with van der Waals surface area (Å²) >= 11 is 0. The molecule has 0 aliphatic carbocycles. The second-order valence-corrected chi connectivity index (χ2v) is 9.40. The molecule has 2 aromatic carbocycles. The molecule has 0 aliphatic heterocycles. The number of halogens is 3. The van der Waals surface area contributed by atoms with Crippen molar-refractivity contribution in [2.75, 3.05) is 25.0 Å². The van der Waals surface area contributed by atoms with Crippen LogP contribution < -0.4 is 5.32 Å². The van der Waals surface area contributed by atoms with E-state index in [-0.39, 0.29) is 16.9 Å². The van der Waals surface area contributed by atoms with Crippen LogP contribution in [0.2, 0.25) is 0 Å². The van der Waals surface area contributed by atoms with Gasteiger partial charge < -0.3 is 14.8 Å². The lowest BCUT2D eigenvalue weighted by Crippen LogP contribution is -2.27. The highest BCUT2D eigenvalue weighted by Crippen LogP contribution is 2.39. The summed E-state index contributed by atoms with van der Waals surface area (Å²) in [6.45, 7) is 8.32. The van der Waals surface area contributed by atoms with Crippen molar-refractivity contribution in [2.24, 2.45) is 0 Å². The Morgan fingerprint density at radius 1 is 1.03 bits per heavy atom. The molecule has 194 valence electrons. The number of benzene rings is 2. The van der Waals surface area contributed by atoms with Crippen molar-refractivity contribution in [2.45, 2.75) is 39.2 Å². The van der Waals surface area contributed by atoms with Crippen LogP contribution in [-0.2, 0) is 29.2 Å². The van der Waals surface area contributed by atoms with E-state index in [1.54, 1.807) is 48.0 Å². The summed E-state index contributed by atoms with van der Waals surface area (Å²) in [6.07, 6.45) is -2.94. The first-order valence-electron chi connectivity index (χ1n) is 11.7. The molecule has 10 heteroatoms. The predicted octanol–water partition coefficient (Wildman–Crippen LogP) is 5.19. The van der Waals surface area contributed by atoms with E-state index in [0.29, 0.717) is 35.6 Å². The Hall–Kier alpha value is -3.11. The molecule has 3 aromatic rings. The van der Waals surface area contributed by atoms with Gasteiger partial charge in [0, 0.05) is 30.5 Å². The number of rotatable bonds is 10. The summed E-state index contributed by atoms with van der Waals surface area (Å²) in [6, 6.07) is 11.8. The summed E-state index contributed by atoms with van der Waals surface area (Å²) in [4.78, 5) is 15.3. The number of aromatic nitrogens is 1. The van der Waals surface area contributed by atoms with Crippen LogP contribution in [0.3, 0.4) is 0 Å². The minimum Gasteiger partial charge on any atom is -0.345 e. The van der Waals surface area contributed by atoms with Gasteiger partial charge in [-0.3, -0.25) is 4.79 Å². The topological polar surface area (TPSA) is 71.4 Å². The highest BCUT2D eigenvalue weighted by atomic mass is 32.2. The number of thiol groups is 1. The van der Waals surface area contributed by atoms with E-state index in [1.807, 2.05) is 13.8 Å². The first-order valence-corrected chi connectivity index (χ1v) is 13.0. The van der Waals surface area contributed by atoms with Crippen molar-refractivity contribution in [3.63, 3.8) is 0 Å². The largest absolute Gasteiger partial charge is 0.417 e. The molecule has 0 saturated carbocycles. The summed E-state index contributed by atoms with van der Waals surface area (Å²) in [7, 11) is -2.56. The monoisotopic (exact) mass is 521 g/mol. The van der Waals surface area contributed by atoms with Gasteiger partial charge in [0.2, 0.25) is 0 Å². The number of nitrogens with one attached hydrogen (secondary N) is 1. The quantitative estimate of drug-likeness (QED) is 0.361. The maximum absolute atomic E-state index is 13.9. The van der Waals surface area contributed by atoms with E-state index in [9.17, 15) is 26.4 Å². The van der Waals surface area contributed by atoms with E-state index >= 15 is 0 Å². The molecule has 0 unspecified atom stereocenters. The molecule has 0 fully saturated rings. The van der Waals surface area contributed by atoms with Gasteiger partial charge in [-0.15, -0.1) is 0 Å². The second-order valence-electron chi connectivity index (χ2n) is 8.42. The predicted molar refractivity (Wildman–Crippen MR) is 136 cm³/mol. The standard InChI is InChI=1S/C26H30F3N3O3S/c1-4-31(5-2)14-15-32-16-22(25(33)30-20-12-10-19(11-13-20)17-36(34)35)18(3)24(32)21-8-6-7-9-23(21)26(27,28)29/h6-13,16,36H,4-5,14-15,17H2,1-3H3,(H,30,33). The van der Waals surface area contributed by atoms with Crippen molar-refractivity contribution < 1.29 is 26.4 Å². The lowest BCUT2D eigenvalue weighted by atomic mass is 10.00. The molecule has 1 aromatic heterocycles. The number of likely N-dealkylation sites (N-methyl/N-ethyl adjacent to an activating group) is 1. The normalized spacial score (nSPS) is 11.9. The molecule has 0 aliphatic rings. The van der Waals surface area contributed by atoms with E-state index in [2.05, 4.69) is 10.2 Å². The lowest BCUT2D eigenvalue weighted by Gasteiger charge is -2.20. The van der Waals surface area contributed by atoms with Crippen molar-refractivity contribution in [3.05, 3.63) is 77.0 Å². The number of hydrogen-bond donors (Lipinski definition) is 2. The van der Waals surface area contributed by atoms with Crippen molar-refractivity contribution >= 4 is 22.3 Å². The second kappa shape index (κ2) is 11.7. The number of nitrogens with zero attached hydrogens (tertiary/aromatic N) is 2. The molecule has 36 heavy (non-hydrogen) atoms. The number of alkyl halides is 3. The summed E-state index contributed by atoms with van der Waals surface area (Å²) in [5.41, 5.74) is 1.39. The first-order chi connectivity index (χ1) is 17.0. The van der Waals surface area contributed by atoms with Crippen molar-refractivity contribution in [3.8, 4) is 11.3 Å². The fourth-order valence-electron chi connectivity index (χ4n) is 4.19. The van der Waals surface area contributed by atoms with Crippen LogP contribution in [0.25, 0.3) is 11.3 Å². The van der Waals surface area contributed by atoms with Gasteiger partial charge in [0.05, 0.1) is 22.6 Å². The zero-order valence-electron chi connectivity index (χ0n) is 20.4. The molecule has 0 bridgehead atoms. The van der Waals surface area contributed by atoms with Crippen LogP contribution in [0, 0.1) is 6.92 Å². The Morgan fingerprint density at radius 3 is 2.25 bits per heavy atom. The summed E-state index contributed by atoms with van der Waals surface area (Å²) in [5, 5.41) is 2.77. The van der Waals surface area contributed by atoms with Crippen LogP contribution in [-0.4, -0.2) is 43.4 Å². The number of carbonyl (C=O) groups is 1. The van der Waals surface area contributed by atoms with E-state index in [4.69, 9.17) is 0 Å². The Bertz CT molecular complexity index is 1270. The highest BCUT2D eigenvalue weighted by molar-refractivity contribution is 7.71. The third-order valence-electron chi connectivity index (χ3n) is 6.14. The average molecular weight is 522 g/mol. The molecule has 0 spiro atoms. The van der Waals surface area contributed by atoms with E-state index in [0.717, 1.165) is 19.2 Å². The molecule has 1 amide bonds. The van der Waals surface area contributed by atoms with Crippen molar-refractivity contribution in [1.82, 2.24) is 9.47 Å². The van der Waals surface area contributed by atoms with Crippen LogP contribution in [0.5, 0.6) is 0 Å². The molecule has 0 atom stereocenters. The molecular formula is C26H30F3N3O3S. The third-order valence-corrected chi connectivity index (χ3v) is 6.76. The summed E-state index contributed by atoms with van der Waals surface area (Å²) in [5.74, 6) is -0.553. The molecular weight excluding hydrogens is 491 g/mol. The smallest absolute Gasteiger partial charge is 0.345 e. The highest BCUT2D eigenvalue weighted by Gasteiger charge is 2.35. The lowest BCUT2D eigenvalue weighted by molar-refractivity contribution is -0.137. The molecule has 1 N–H and O–H groups in total. The van der Waals surface area contributed by atoms with Gasteiger partial charge in [0.15, 0.2) is 0 Å². The first kappa shape index (κ1) is 27.5. The van der Waals surface area contributed by atoms with Gasteiger partial charge in [0.1, 0.15) is 10.7 Å². The molecule has 0 saturated heterocycles. The van der Waals surface area contributed by atoms with Gasteiger partial charge in [-0.25, -0.2) is 8.42 Å². The van der Waals surface area contributed by atoms with Crippen LogP contribution in [0.4, 0.5) is 18.9 Å². The maximum Gasteiger partial charge on any atom is 0.417 e. The fraction of sp³-hybridized carbons (Fsp3) is 0.346. The zero-order chi connectivity index (χ0) is 26.5. The van der Waals surface area contributed by atoms with Gasteiger partial charge in [-0.2, -0.15) is 13.2 Å². The molecule has 3 rings (SSSR count). The third kappa shape index (κ3) is 6.55. The number of hydrogen-bond acceptors (Lipinski definition) is 4. The number of anilines is 1. The minimum absolute atomic E-state index is 0.0252. The Kier molecular flexibility index (Phi) is 8.97. The zero-order valence-corrected chi connectivity index (χ0v) is 21.3. The molecule has 0 radical (unpaired) electrons. The van der Waals surface area contributed by atoms with Crippen LogP contribution in [0.1, 0.15) is 40.9 Å². The Labute approximate surface area is 210 Å². The average Bonchev–Trinajstić information content (AvgIpc) is 3.16. The van der Waals surface area contributed by atoms with Crippen molar-refractivity contribution in [1.29, 1.82) is 0 Å². The van der Waals surface area contributed by atoms with Gasteiger partial charge in [0.25, 0.3) is 5.91 Å². The maximum atomic E-state index is 13.9. The van der Waals surface area contributed by atoms with E-state index < -0.39 is 28.4 Å². The van der Waals surface area contributed by atoms with Gasteiger partial charge >= 0.3 is 6.18 Å². The van der Waals surface area contributed by atoms with Gasteiger partial charge in [-0.05, 0) is 49.3 Å². The summed E-state index contributed by atoms with van der Waals surface area (Å²) < 4.78 is 65.1. The van der Waals surface area contributed by atoms with Crippen LogP contribution in [0.15, 0.2) is 54.7 Å². The SMILES string of the molecule is CCN(CC)CCn1cc(C(=O)Nc2ccc(C[SH](=O)=O)cc2)c(C)c1-c1ccccc1C(F)(F)F. The number of amides is 1. The molecule has 6 nitrogen and oxygen atoms in total. The minimum atomic E-state index is -4.55. The number of carbonyl (C=O) groups excluding carboxylic acids is 1. The Morgan fingerprint density at radius 2 is 1.67 bits per heavy atom. The van der Waals surface area contributed by atoms with Gasteiger partial charge in [-0.1, -0.05) is 44.2 Å². The molecule has 1 heterocycles. The van der Waals surface area contributed by atoms with E-state index in [1.165, 1.54) is 12.1 Å². The Balaban J connectivity index is 2.01.